The molecule has 1 unspecified atom stereocenters. The Kier molecular flexibility index (Phi) is 4.44. The van der Waals surface area contributed by atoms with Gasteiger partial charge in [-0.1, -0.05) is 19.9 Å². The van der Waals surface area contributed by atoms with Gasteiger partial charge in [-0.2, -0.15) is 5.26 Å². The smallest absolute Gasteiger partial charge is 0.270 e. The average Bonchev–Trinajstić information content (AvgIpc) is 2.25. The topological polar surface area (TPSA) is 65.8 Å². The van der Waals surface area contributed by atoms with E-state index in [0.717, 1.165) is 0 Å². The van der Waals surface area contributed by atoms with Crippen LogP contribution in [0.5, 0.6) is 0 Å². The van der Waals surface area contributed by atoms with E-state index in [1.807, 2.05) is 19.9 Å². The summed E-state index contributed by atoms with van der Waals surface area (Å²) < 4.78 is 0.596. The number of amides is 1. The van der Waals surface area contributed by atoms with Crippen molar-refractivity contribution in [3.63, 3.8) is 0 Å². The second-order valence-corrected chi connectivity index (χ2v) is 4.48. The third-order valence-corrected chi connectivity index (χ3v) is 2.48. The van der Waals surface area contributed by atoms with Gasteiger partial charge in [0, 0.05) is 0 Å². The van der Waals surface area contributed by atoms with Gasteiger partial charge in [-0.15, -0.1) is 0 Å². The van der Waals surface area contributed by atoms with Crippen LogP contribution in [0.3, 0.4) is 0 Å². The van der Waals surface area contributed by atoms with Crippen LogP contribution in [0.25, 0.3) is 0 Å². The molecular formula is C11H12BrN3O. The molecule has 1 aromatic heterocycles. The van der Waals surface area contributed by atoms with Crippen LogP contribution in [-0.2, 0) is 0 Å². The van der Waals surface area contributed by atoms with Crippen LogP contribution in [0, 0.1) is 17.2 Å². The summed E-state index contributed by atoms with van der Waals surface area (Å²) in [4.78, 5) is 15.7. The molecule has 1 atom stereocenters. The van der Waals surface area contributed by atoms with E-state index in [1.54, 1.807) is 18.2 Å². The molecule has 0 aliphatic rings. The number of hydrogen-bond donors (Lipinski definition) is 1. The van der Waals surface area contributed by atoms with Gasteiger partial charge in [-0.3, -0.25) is 4.79 Å². The molecule has 4 nitrogen and oxygen atoms in total. The van der Waals surface area contributed by atoms with Crippen LogP contribution in [0.4, 0.5) is 0 Å². The van der Waals surface area contributed by atoms with Gasteiger partial charge in [0.1, 0.15) is 16.3 Å². The molecule has 1 aromatic rings. The Labute approximate surface area is 103 Å². The van der Waals surface area contributed by atoms with Crippen LogP contribution in [0.2, 0.25) is 0 Å². The minimum atomic E-state index is -0.492. The molecule has 0 saturated carbocycles. The summed E-state index contributed by atoms with van der Waals surface area (Å²) in [6.07, 6.45) is 0. The number of carbonyl (C=O) groups is 1. The summed E-state index contributed by atoms with van der Waals surface area (Å²) in [5, 5.41) is 11.5. The number of hydrogen-bond acceptors (Lipinski definition) is 3. The van der Waals surface area contributed by atoms with E-state index in [9.17, 15) is 4.79 Å². The van der Waals surface area contributed by atoms with Crippen molar-refractivity contribution in [1.82, 2.24) is 10.3 Å². The molecule has 0 saturated heterocycles. The lowest BCUT2D eigenvalue weighted by Crippen LogP contribution is -2.37. The Morgan fingerprint density at radius 2 is 2.25 bits per heavy atom. The fraction of sp³-hybridized carbons (Fsp3) is 0.364. The first-order valence-corrected chi connectivity index (χ1v) is 5.67. The van der Waals surface area contributed by atoms with Crippen LogP contribution >= 0.6 is 15.9 Å². The minimum absolute atomic E-state index is 0.0705. The Balaban J connectivity index is 2.77. The van der Waals surface area contributed by atoms with Crippen LogP contribution in [-0.4, -0.2) is 16.9 Å². The highest BCUT2D eigenvalue weighted by atomic mass is 79.9. The Bertz CT molecular complexity index is 425. The Morgan fingerprint density at radius 3 is 2.75 bits per heavy atom. The van der Waals surface area contributed by atoms with Gasteiger partial charge in [0.15, 0.2) is 0 Å². The van der Waals surface area contributed by atoms with Gasteiger partial charge in [-0.25, -0.2) is 4.98 Å². The number of aromatic nitrogens is 1. The first-order valence-electron chi connectivity index (χ1n) is 4.87. The largest absolute Gasteiger partial charge is 0.335 e. The van der Waals surface area contributed by atoms with Crippen molar-refractivity contribution in [1.29, 1.82) is 5.26 Å². The third kappa shape index (κ3) is 3.31. The molecule has 0 aromatic carbocycles. The highest BCUT2D eigenvalue weighted by Crippen LogP contribution is 2.07. The zero-order valence-corrected chi connectivity index (χ0v) is 10.7. The summed E-state index contributed by atoms with van der Waals surface area (Å²) in [6, 6.07) is 6.62. The maximum absolute atomic E-state index is 11.7. The summed E-state index contributed by atoms with van der Waals surface area (Å²) in [5.74, 6) is -0.261. The van der Waals surface area contributed by atoms with E-state index < -0.39 is 6.04 Å². The minimum Gasteiger partial charge on any atom is -0.335 e. The number of nitrogens with zero attached hydrogens (tertiary/aromatic N) is 2. The van der Waals surface area contributed by atoms with Crippen molar-refractivity contribution in [2.24, 2.45) is 5.92 Å². The third-order valence-electron chi connectivity index (χ3n) is 2.04. The van der Waals surface area contributed by atoms with Crippen molar-refractivity contribution >= 4 is 21.8 Å². The lowest BCUT2D eigenvalue weighted by Gasteiger charge is -2.14. The van der Waals surface area contributed by atoms with Gasteiger partial charge in [0.05, 0.1) is 6.07 Å². The van der Waals surface area contributed by atoms with Gasteiger partial charge < -0.3 is 5.32 Å². The van der Waals surface area contributed by atoms with Crippen molar-refractivity contribution in [2.75, 3.05) is 0 Å². The summed E-state index contributed by atoms with van der Waals surface area (Å²) in [5.41, 5.74) is 0.301. The number of halogens is 1. The second-order valence-electron chi connectivity index (χ2n) is 3.67. The van der Waals surface area contributed by atoms with Crippen molar-refractivity contribution in [2.45, 2.75) is 19.9 Å². The monoisotopic (exact) mass is 281 g/mol. The Hall–Kier alpha value is -1.41. The second kappa shape index (κ2) is 5.61. The molecule has 0 spiro atoms. The standard InChI is InChI=1S/C11H12BrN3O/c1-7(2)9(6-13)15-11(16)8-4-3-5-10(12)14-8/h3-5,7,9H,1-2H3,(H,15,16). The Morgan fingerprint density at radius 1 is 1.56 bits per heavy atom. The fourth-order valence-electron chi connectivity index (χ4n) is 1.10. The van der Waals surface area contributed by atoms with E-state index in [1.165, 1.54) is 0 Å². The average molecular weight is 282 g/mol. The van der Waals surface area contributed by atoms with Crippen LogP contribution < -0.4 is 5.32 Å². The highest BCUT2D eigenvalue weighted by Gasteiger charge is 2.16. The van der Waals surface area contributed by atoms with Crippen LogP contribution in [0.1, 0.15) is 24.3 Å². The lowest BCUT2D eigenvalue weighted by atomic mass is 10.1. The van der Waals surface area contributed by atoms with E-state index in [-0.39, 0.29) is 11.8 Å². The predicted molar refractivity (Wildman–Crippen MR) is 63.6 cm³/mol. The summed E-state index contributed by atoms with van der Waals surface area (Å²) >= 11 is 3.19. The quantitative estimate of drug-likeness (QED) is 0.863. The molecule has 1 rings (SSSR count). The molecule has 5 heteroatoms. The molecular weight excluding hydrogens is 270 g/mol. The van der Waals surface area contributed by atoms with Gasteiger partial charge in [-0.05, 0) is 34.0 Å². The van der Waals surface area contributed by atoms with Gasteiger partial charge >= 0.3 is 0 Å². The molecule has 0 aliphatic heterocycles. The molecule has 1 N–H and O–H groups in total. The number of nitrogens with one attached hydrogen (secondary N) is 1. The fourth-order valence-corrected chi connectivity index (χ4v) is 1.44. The van der Waals surface area contributed by atoms with Crippen LogP contribution in [0.15, 0.2) is 22.8 Å². The van der Waals surface area contributed by atoms with Crippen molar-refractivity contribution in [3.8, 4) is 6.07 Å². The van der Waals surface area contributed by atoms with Gasteiger partial charge in [0.2, 0.25) is 0 Å². The SMILES string of the molecule is CC(C)C(C#N)NC(=O)c1cccc(Br)n1. The molecule has 16 heavy (non-hydrogen) atoms. The zero-order chi connectivity index (χ0) is 12.1. The van der Waals surface area contributed by atoms with Gasteiger partial charge in [0.25, 0.3) is 5.91 Å². The maximum atomic E-state index is 11.7. The predicted octanol–water partition coefficient (Wildman–Crippen LogP) is 2.12. The van der Waals surface area contributed by atoms with E-state index >= 15 is 0 Å². The molecule has 1 heterocycles. The summed E-state index contributed by atoms with van der Waals surface area (Å²) in [6.45, 7) is 3.75. The first-order chi connectivity index (χ1) is 7.54. The van der Waals surface area contributed by atoms with E-state index in [2.05, 4.69) is 26.2 Å². The number of nitriles is 1. The van der Waals surface area contributed by atoms with Crippen molar-refractivity contribution < 1.29 is 4.79 Å². The number of pyridine rings is 1. The summed E-state index contributed by atoms with van der Waals surface area (Å²) in [7, 11) is 0. The van der Waals surface area contributed by atoms with E-state index in [4.69, 9.17) is 5.26 Å². The van der Waals surface area contributed by atoms with E-state index in [0.29, 0.717) is 10.3 Å². The molecule has 1 amide bonds. The maximum Gasteiger partial charge on any atom is 0.270 e. The molecule has 84 valence electrons. The first kappa shape index (κ1) is 12.7. The number of carbonyl (C=O) groups excluding carboxylic acids is 1. The normalized spacial score (nSPS) is 11.9. The zero-order valence-electron chi connectivity index (χ0n) is 9.07. The number of rotatable bonds is 3. The molecule has 0 aliphatic carbocycles. The highest BCUT2D eigenvalue weighted by molar-refractivity contribution is 9.10. The van der Waals surface area contributed by atoms with Crippen molar-refractivity contribution in [3.05, 3.63) is 28.5 Å². The molecule has 0 radical (unpaired) electrons. The molecule has 0 fully saturated rings. The molecule has 0 bridgehead atoms. The lowest BCUT2D eigenvalue weighted by molar-refractivity contribution is 0.0932.